The number of rotatable bonds is 7. The van der Waals surface area contributed by atoms with Crippen molar-refractivity contribution in [3.05, 3.63) is 0 Å². The summed E-state index contributed by atoms with van der Waals surface area (Å²) in [5.74, 6) is -1.46. The van der Waals surface area contributed by atoms with E-state index in [1.54, 1.807) is 6.92 Å². The van der Waals surface area contributed by atoms with Gasteiger partial charge in [-0.15, -0.1) is 0 Å². The van der Waals surface area contributed by atoms with Gasteiger partial charge in [0.25, 0.3) is 0 Å². The Balaban J connectivity index is 2.51. The average Bonchev–Trinajstić information content (AvgIpc) is 2.26. The molecule has 0 aliphatic heterocycles. The molecule has 0 spiro atoms. The average molecular weight is 280 g/mol. The molecule has 0 amide bonds. The van der Waals surface area contributed by atoms with E-state index in [2.05, 4.69) is 9.46 Å². The molecule has 0 aromatic rings. The van der Waals surface area contributed by atoms with Gasteiger partial charge in [-0.2, -0.15) is 0 Å². The SMILES string of the molecule is CCOC(=O)CS(=O)(=O)NC1C(N)CC1OCC. The summed E-state index contributed by atoms with van der Waals surface area (Å²) in [7, 11) is -3.73. The highest BCUT2D eigenvalue weighted by molar-refractivity contribution is 7.90. The highest BCUT2D eigenvalue weighted by atomic mass is 32.2. The van der Waals surface area contributed by atoms with Gasteiger partial charge in [-0.25, -0.2) is 13.1 Å². The molecular formula is C10H20N2O5S. The van der Waals surface area contributed by atoms with Crippen LogP contribution in [-0.2, 0) is 24.3 Å². The Morgan fingerprint density at radius 1 is 1.39 bits per heavy atom. The molecule has 7 nitrogen and oxygen atoms in total. The van der Waals surface area contributed by atoms with Gasteiger partial charge in [0.15, 0.2) is 5.75 Å². The molecule has 0 bridgehead atoms. The van der Waals surface area contributed by atoms with E-state index in [0.29, 0.717) is 13.0 Å². The molecule has 3 unspecified atom stereocenters. The maximum Gasteiger partial charge on any atom is 0.322 e. The van der Waals surface area contributed by atoms with Gasteiger partial charge in [0.05, 0.1) is 18.8 Å². The highest BCUT2D eigenvalue weighted by Crippen LogP contribution is 2.23. The maximum absolute atomic E-state index is 11.7. The Bertz CT molecular complexity index is 382. The molecule has 0 saturated heterocycles. The van der Waals surface area contributed by atoms with Crippen molar-refractivity contribution in [3.8, 4) is 0 Å². The fraction of sp³-hybridized carbons (Fsp3) is 0.900. The second-order valence-electron chi connectivity index (χ2n) is 4.10. The van der Waals surface area contributed by atoms with E-state index in [1.165, 1.54) is 0 Å². The normalized spacial score (nSPS) is 27.6. The van der Waals surface area contributed by atoms with Crippen LogP contribution in [-0.4, -0.2) is 51.5 Å². The van der Waals surface area contributed by atoms with Crippen molar-refractivity contribution in [1.82, 2.24) is 4.72 Å². The molecule has 3 atom stereocenters. The summed E-state index contributed by atoms with van der Waals surface area (Å²) in [6.07, 6.45) is 0.391. The molecular weight excluding hydrogens is 260 g/mol. The van der Waals surface area contributed by atoms with Crippen LogP contribution in [0, 0.1) is 0 Å². The van der Waals surface area contributed by atoms with E-state index in [-0.39, 0.29) is 18.8 Å². The molecule has 106 valence electrons. The molecule has 1 rings (SSSR count). The van der Waals surface area contributed by atoms with Crippen LogP contribution in [0.25, 0.3) is 0 Å². The van der Waals surface area contributed by atoms with Crippen LogP contribution in [0.5, 0.6) is 0 Å². The molecule has 0 radical (unpaired) electrons. The van der Waals surface area contributed by atoms with Crippen molar-refractivity contribution < 1.29 is 22.7 Å². The summed E-state index contributed by atoms with van der Waals surface area (Å²) in [6.45, 7) is 4.09. The summed E-state index contributed by atoms with van der Waals surface area (Å²) < 4.78 is 35.7. The van der Waals surface area contributed by atoms with Crippen molar-refractivity contribution in [2.75, 3.05) is 19.0 Å². The van der Waals surface area contributed by atoms with Crippen molar-refractivity contribution in [2.45, 2.75) is 38.5 Å². The Labute approximate surface area is 107 Å². The molecule has 1 fully saturated rings. The smallest absolute Gasteiger partial charge is 0.322 e. The zero-order valence-corrected chi connectivity index (χ0v) is 11.4. The van der Waals surface area contributed by atoms with Crippen LogP contribution in [0.3, 0.4) is 0 Å². The first-order chi connectivity index (χ1) is 8.39. The largest absolute Gasteiger partial charge is 0.465 e. The minimum Gasteiger partial charge on any atom is -0.465 e. The molecule has 8 heteroatoms. The van der Waals surface area contributed by atoms with Gasteiger partial charge < -0.3 is 15.2 Å². The van der Waals surface area contributed by atoms with Gasteiger partial charge >= 0.3 is 5.97 Å². The summed E-state index contributed by atoms with van der Waals surface area (Å²) in [6, 6.07) is -0.747. The fourth-order valence-electron chi connectivity index (χ4n) is 1.80. The number of nitrogens with one attached hydrogen (secondary N) is 1. The third kappa shape index (κ3) is 4.20. The minimum absolute atomic E-state index is 0.152. The number of carbonyl (C=O) groups excluding carboxylic acids is 1. The standard InChI is InChI=1S/C10H20N2O5S/c1-3-16-8-5-7(11)10(8)12-18(14,15)6-9(13)17-4-2/h7-8,10,12H,3-6,11H2,1-2H3. The summed E-state index contributed by atoms with van der Waals surface area (Å²) in [5, 5.41) is 0. The maximum atomic E-state index is 11.7. The first-order valence-corrected chi connectivity index (χ1v) is 7.57. The van der Waals surface area contributed by atoms with Crippen molar-refractivity contribution in [3.63, 3.8) is 0 Å². The monoisotopic (exact) mass is 280 g/mol. The molecule has 0 heterocycles. The lowest BCUT2D eigenvalue weighted by Crippen LogP contribution is -2.65. The van der Waals surface area contributed by atoms with E-state index in [9.17, 15) is 13.2 Å². The van der Waals surface area contributed by atoms with Crippen molar-refractivity contribution >= 4 is 16.0 Å². The number of sulfonamides is 1. The molecule has 18 heavy (non-hydrogen) atoms. The lowest BCUT2D eigenvalue weighted by molar-refractivity contribution is -0.140. The van der Waals surface area contributed by atoms with Crippen LogP contribution in [0.4, 0.5) is 0 Å². The van der Waals surface area contributed by atoms with Gasteiger partial charge in [0.2, 0.25) is 10.0 Å². The minimum atomic E-state index is -3.73. The Hall–Kier alpha value is -0.700. The van der Waals surface area contributed by atoms with E-state index < -0.39 is 27.8 Å². The van der Waals surface area contributed by atoms with E-state index in [1.807, 2.05) is 6.92 Å². The van der Waals surface area contributed by atoms with Crippen LogP contribution >= 0.6 is 0 Å². The molecule has 3 N–H and O–H groups in total. The highest BCUT2D eigenvalue weighted by Gasteiger charge is 2.42. The molecule has 0 aromatic heterocycles. The third-order valence-electron chi connectivity index (χ3n) is 2.68. The third-order valence-corrected chi connectivity index (χ3v) is 3.92. The first-order valence-electron chi connectivity index (χ1n) is 5.92. The number of carbonyl (C=O) groups is 1. The number of hydrogen-bond donors (Lipinski definition) is 2. The Morgan fingerprint density at radius 2 is 2.06 bits per heavy atom. The topological polar surface area (TPSA) is 108 Å². The number of ether oxygens (including phenoxy) is 2. The van der Waals surface area contributed by atoms with Gasteiger partial charge in [-0.1, -0.05) is 0 Å². The van der Waals surface area contributed by atoms with Crippen molar-refractivity contribution in [1.29, 1.82) is 0 Å². The van der Waals surface area contributed by atoms with E-state index >= 15 is 0 Å². The van der Waals surface area contributed by atoms with E-state index in [0.717, 1.165) is 0 Å². The van der Waals surface area contributed by atoms with Crippen LogP contribution in [0.2, 0.25) is 0 Å². The van der Waals surface area contributed by atoms with Crippen LogP contribution in [0.15, 0.2) is 0 Å². The molecule has 1 saturated carbocycles. The molecule has 1 aliphatic rings. The predicted octanol–water partition coefficient (Wildman–Crippen LogP) is -1.03. The molecule has 0 aromatic carbocycles. The Kier molecular flexibility index (Phi) is 5.51. The zero-order valence-electron chi connectivity index (χ0n) is 10.6. The lowest BCUT2D eigenvalue weighted by Gasteiger charge is -2.42. The van der Waals surface area contributed by atoms with Crippen LogP contribution in [0.1, 0.15) is 20.3 Å². The van der Waals surface area contributed by atoms with Crippen LogP contribution < -0.4 is 10.5 Å². The van der Waals surface area contributed by atoms with Gasteiger partial charge in [0, 0.05) is 12.6 Å². The summed E-state index contributed by atoms with van der Waals surface area (Å²) in [5.41, 5.74) is 5.72. The van der Waals surface area contributed by atoms with Gasteiger partial charge in [0.1, 0.15) is 0 Å². The van der Waals surface area contributed by atoms with Gasteiger partial charge in [-0.05, 0) is 20.3 Å². The van der Waals surface area contributed by atoms with E-state index in [4.69, 9.17) is 10.5 Å². The van der Waals surface area contributed by atoms with Crippen molar-refractivity contribution in [2.24, 2.45) is 5.73 Å². The first kappa shape index (κ1) is 15.4. The number of nitrogens with two attached hydrogens (primary N) is 1. The fourth-order valence-corrected chi connectivity index (χ4v) is 3.02. The summed E-state index contributed by atoms with van der Waals surface area (Å²) >= 11 is 0. The lowest BCUT2D eigenvalue weighted by atomic mass is 9.84. The Morgan fingerprint density at radius 3 is 2.56 bits per heavy atom. The zero-order chi connectivity index (χ0) is 13.8. The summed E-state index contributed by atoms with van der Waals surface area (Å²) in [4.78, 5) is 11.1. The predicted molar refractivity (Wildman–Crippen MR) is 65.3 cm³/mol. The second kappa shape index (κ2) is 6.46. The quantitative estimate of drug-likeness (QED) is 0.578. The second-order valence-corrected chi connectivity index (χ2v) is 5.85. The number of esters is 1. The molecule has 1 aliphatic carbocycles. The van der Waals surface area contributed by atoms with Gasteiger partial charge in [-0.3, -0.25) is 4.79 Å². The number of hydrogen-bond acceptors (Lipinski definition) is 6.